The van der Waals surface area contributed by atoms with E-state index in [0.29, 0.717) is 10.7 Å². The predicted molar refractivity (Wildman–Crippen MR) is 61.5 cm³/mol. The molecule has 1 amide bonds. The van der Waals surface area contributed by atoms with Gasteiger partial charge in [-0.3, -0.25) is 4.79 Å². The number of halogens is 1. The number of amides is 1. The molecule has 15 heavy (non-hydrogen) atoms. The van der Waals surface area contributed by atoms with Crippen molar-refractivity contribution in [2.45, 2.75) is 26.7 Å². The van der Waals surface area contributed by atoms with Gasteiger partial charge in [0.1, 0.15) is 5.75 Å². The summed E-state index contributed by atoms with van der Waals surface area (Å²) >= 11 is 5.89. The molecule has 1 rings (SSSR count). The molecule has 0 spiro atoms. The first kappa shape index (κ1) is 11.9. The Morgan fingerprint density at radius 3 is 2.53 bits per heavy atom. The highest BCUT2D eigenvalue weighted by molar-refractivity contribution is 6.31. The normalized spacial score (nSPS) is 10.5. The van der Waals surface area contributed by atoms with Gasteiger partial charge in [0.2, 0.25) is 5.91 Å². The van der Waals surface area contributed by atoms with Crippen molar-refractivity contribution in [3.63, 3.8) is 0 Å². The van der Waals surface area contributed by atoms with E-state index < -0.39 is 0 Å². The van der Waals surface area contributed by atoms with Crippen molar-refractivity contribution >= 4 is 23.2 Å². The van der Waals surface area contributed by atoms with E-state index in [1.807, 2.05) is 13.8 Å². The smallest absolute Gasteiger partial charge is 0.221 e. The molecule has 0 aromatic heterocycles. The summed E-state index contributed by atoms with van der Waals surface area (Å²) in [5.41, 5.74) is 1.09. The van der Waals surface area contributed by atoms with E-state index in [0.717, 1.165) is 5.56 Å². The quantitative estimate of drug-likeness (QED) is 0.763. The lowest BCUT2D eigenvalue weighted by Gasteiger charge is -2.13. The van der Waals surface area contributed by atoms with E-state index in [2.05, 4.69) is 5.32 Å². The number of phenolic OH excluding ortho intramolecular Hbond substituents is 1. The molecule has 1 aromatic carbocycles. The van der Waals surface area contributed by atoms with Crippen LogP contribution in [-0.2, 0) is 4.79 Å². The molecule has 0 aliphatic heterocycles. The van der Waals surface area contributed by atoms with Crippen LogP contribution in [0.5, 0.6) is 5.75 Å². The summed E-state index contributed by atoms with van der Waals surface area (Å²) in [7, 11) is 0. The minimum atomic E-state index is -0.234. The van der Waals surface area contributed by atoms with Crippen molar-refractivity contribution in [2.75, 3.05) is 5.32 Å². The minimum absolute atomic E-state index is 0.0876. The number of benzene rings is 1. The first-order valence-corrected chi connectivity index (χ1v) is 5.09. The maximum atomic E-state index is 10.9. The fourth-order valence-electron chi connectivity index (χ4n) is 1.35. The molecule has 0 aliphatic carbocycles. The summed E-state index contributed by atoms with van der Waals surface area (Å²) < 4.78 is 0. The van der Waals surface area contributed by atoms with E-state index >= 15 is 0 Å². The van der Waals surface area contributed by atoms with Gasteiger partial charge in [-0.05, 0) is 18.1 Å². The van der Waals surface area contributed by atoms with E-state index in [4.69, 9.17) is 11.6 Å². The van der Waals surface area contributed by atoms with Crippen LogP contribution >= 0.6 is 11.6 Å². The van der Waals surface area contributed by atoms with Crippen molar-refractivity contribution in [3.05, 3.63) is 22.7 Å². The van der Waals surface area contributed by atoms with Crippen LogP contribution in [0, 0.1) is 0 Å². The van der Waals surface area contributed by atoms with Gasteiger partial charge in [0, 0.05) is 17.5 Å². The molecular weight excluding hydrogens is 214 g/mol. The molecule has 0 atom stereocenters. The molecule has 4 heteroatoms. The van der Waals surface area contributed by atoms with Crippen molar-refractivity contribution in [1.82, 2.24) is 0 Å². The molecule has 2 N–H and O–H groups in total. The fraction of sp³-hybridized carbons (Fsp3) is 0.364. The Bertz CT molecular complexity index is 388. The van der Waals surface area contributed by atoms with Crippen molar-refractivity contribution in [2.24, 2.45) is 0 Å². The summed E-state index contributed by atoms with van der Waals surface area (Å²) in [4.78, 5) is 10.9. The van der Waals surface area contributed by atoms with E-state index in [1.54, 1.807) is 6.07 Å². The average molecular weight is 228 g/mol. The third kappa shape index (κ3) is 2.86. The Morgan fingerprint density at radius 2 is 2.07 bits per heavy atom. The Morgan fingerprint density at radius 1 is 1.47 bits per heavy atom. The van der Waals surface area contributed by atoms with Gasteiger partial charge in [-0.2, -0.15) is 0 Å². The zero-order chi connectivity index (χ0) is 11.6. The van der Waals surface area contributed by atoms with Gasteiger partial charge in [-0.15, -0.1) is 0 Å². The molecule has 0 aliphatic rings. The molecule has 0 unspecified atom stereocenters. The molecule has 0 fully saturated rings. The summed E-state index contributed by atoms with van der Waals surface area (Å²) in [6.07, 6.45) is 0. The number of hydrogen-bond acceptors (Lipinski definition) is 2. The van der Waals surface area contributed by atoms with Crippen LogP contribution in [-0.4, -0.2) is 11.0 Å². The van der Waals surface area contributed by atoms with Crippen LogP contribution in [0.2, 0.25) is 5.02 Å². The number of hydrogen-bond donors (Lipinski definition) is 2. The second kappa shape index (κ2) is 4.53. The van der Waals surface area contributed by atoms with E-state index in [1.165, 1.54) is 13.0 Å². The van der Waals surface area contributed by atoms with Gasteiger partial charge in [-0.1, -0.05) is 25.4 Å². The average Bonchev–Trinajstić information content (AvgIpc) is 2.09. The first-order chi connectivity index (χ1) is 6.91. The molecule has 0 saturated heterocycles. The first-order valence-electron chi connectivity index (χ1n) is 4.71. The van der Waals surface area contributed by atoms with Gasteiger partial charge < -0.3 is 10.4 Å². The Balaban J connectivity index is 3.21. The fourth-order valence-corrected chi connectivity index (χ4v) is 1.57. The van der Waals surface area contributed by atoms with Gasteiger partial charge in [0.05, 0.1) is 5.69 Å². The van der Waals surface area contributed by atoms with Crippen LogP contribution in [0.15, 0.2) is 12.1 Å². The van der Waals surface area contributed by atoms with Gasteiger partial charge in [0.25, 0.3) is 0 Å². The number of carbonyl (C=O) groups is 1. The number of carbonyl (C=O) groups excluding carboxylic acids is 1. The van der Waals surface area contributed by atoms with Crippen LogP contribution in [0.25, 0.3) is 0 Å². The largest absolute Gasteiger partial charge is 0.505 e. The van der Waals surface area contributed by atoms with E-state index in [-0.39, 0.29) is 17.6 Å². The van der Waals surface area contributed by atoms with Gasteiger partial charge in [0.15, 0.2) is 0 Å². The summed E-state index contributed by atoms with van der Waals surface area (Å²) in [5.74, 6) is 0.00285. The Hall–Kier alpha value is -1.22. The zero-order valence-electron chi connectivity index (χ0n) is 8.97. The highest BCUT2D eigenvalue weighted by atomic mass is 35.5. The number of anilines is 1. The number of rotatable bonds is 2. The highest BCUT2D eigenvalue weighted by Gasteiger charge is 2.12. The third-order valence-electron chi connectivity index (χ3n) is 2.04. The monoisotopic (exact) mass is 227 g/mol. The van der Waals surface area contributed by atoms with Crippen LogP contribution in [0.3, 0.4) is 0 Å². The van der Waals surface area contributed by atoms with Crippen LogP contribution < -0.4 is 5.32 Å². The summed E-state index contributed by atoms with van der Waals surface area (Å²) in [6.45, 7) is 5.28. The molecule has 3 nitrogen and oxygen atoms in total. The third-order valence-corrected chi connectivity index (χ3v) is 2.26. The van der Waals surface area contributed by atoms with Crippen molar-refractivity contribution < 1.29 is 9.90 Å². The topological polar surface area (TPSA) is 49.3 Å². The second-order valence-corrected chi connectivity index (χ2v) is 4.16. The highest BCUT2D eigenvalue weighted by Crippen LogP contribution is 2.35. The Kier molecular flexibility index (Phi) is 3.58. The molecule has 0 radical (unpaired) electrons. The predicted octanol–water partition coefficient (Wildman–Crippen LogP) is 3.13. The van der Waals surface area contributed by atoms with E-state index in [9.17, 15) is 9.90 Å². The van der Waals surface area contributed by atoms with Gasteiger partial charge in [-0.25, -0.2) is 0 Å². The zero-order valence-corrected chi connectivity index (χ0v) is 9.72. The van der Waals surface area contributed by atoms with Crippen LogP contribution in [0.4, 0.5) is 5.69 Å². The number of phenols is 1. The lowest BCUT2D eigenvalue weighted by Crippen LogP contribution is -2.06. The van der Waals surface area contributed by atoms with Crippen molar-refractivity contribution in [1.29, 1.82) is 0 Å². The second-order valence-electron chi connectivity index (χ2n) is 3.73. The van der Waals surface area contributed by atoms with Crippen LogP contribution in [0.1, 0.15) is 32.3 Å². The SMILES string of the molecule is CC(=O)Nc1cc(Cl)cc(C(C)C)c1O. The lowest BCUT2D eigenvalue weighted by molar-refractivity contribution is -0.114. The molecule has 0 bridgehead atoms. The standard InChI is InChI=1S/C11H14ClNO2/c1-6(2)9-4-8(12)5-10(11(9)15)13-7(3)14/h4-6,15H,1-3H3,(H,13,14). The summed E-state index contributed by atoms with van der Waals surface area (Å²) in [6, 6.07) is 3.23. The maximum Gasteiger partial charge on any atom is 0.221 e. The number of nitrogens with one attached hydrogen (secondary N) is 1. The van der Waals surface area contributed by atoms with Crippen molar-refractivity contribution in [3.8, 4) is 5.75 Å². The molecule has 82 valence electrons. The molecule has 0 heterocycles. The lowest BCUT2D eigenvalue weighted by atomic mass is 10.0. The molecular formula is C11H14ClNO2. The Labute approximate surface area is 94.1 Å². The molecule has 0 saturated carbocycles. The number of aromatic hydroxyl groups is 1. The maximum absolute atomic E-state index is 10.9. The molecule has 1 aromatic rings. The van der Waals surface area contributed by atoms with Gasteiger partial charge >= 0.3 is 0 Å². The minimum Gasteiger partial charge on any atom is -0.505 e. The summed E-state index contributed by atoms with van der Waals surface area (Å²) in [5, 5.41) is 12.9.